The maximum Gasteiger partial charge on any atom is 0.140 e. The summed E-state index contributed by atoms with van der Waals surface area (Å²) in [5.74, 6) is -0.0110. The van der Waals surface area contributed by atoms with Gasteiger partial charge in [-0.1, -0.05) is 26.7 Å². The molecule has 0 bridgehead atoms. The van der Waals surface area contributed by atoms with Gasteiger partial charge in [0.2, 0.25) is 0 Å². The van der Waals surface area contributed by atoms with Crippen LogP contribution in [0.25, 0.3) is 0 Å². The molecule has 1 aliphatic rings. The Morgan fingerprint density at radius 2 is 2.14 bits per heavy atom. The summed E-state index contributed by atoms with van der Waals surface area (Å²) in [6.45, 7) is 4.89. The van der Waals surface area contributed by atoms with Gasteiger partial charge in [-0.25, -0.2) is 4.39 Å². The topological polar surface area (TPSA) is 38.0 Å². The number of nitrogens with two attached hydrogens (primary N) is 1. The molecule has 1 aliphatic heterocycles. The Bertz CT molecular complexity index is 165. The molecule has 84 valence electrons. The van der Waals surface area contributed by atoms with Gasteiger partial charge in [0.05, 0.1) is 0 Å². The molecule has 0 aliphatic carbocycles. The molecule has 0 saturated carbocycles. The second-order valence-corrected chi connectivity index (χ2v) is 4.64. The van der Waals surface area contributed by atoms with E-state index in [0.29, 0.717) is 0 Å². The van der Waals surface area contributed by atoms with Crippen molar-refractivity contribution < 1.29 is 4.39 Å². The average Bonchev–Trinajstić information content (AvgIpc) is 2.44. The first-order valence-electron chi connectivity index (χ1n) is 5.73. The first-order chi connectivity index (χ1) is 6.61. The van der Waals surface area contributed by atoms with Crippen LogP contribution in [0.1, 0.15) is 39.5 Å². The monoisotopic (exact) mass is 202 g/mol. The Hall–Kier alpha value is -0.150. The first kappa shape index (κ1) is 11.9. The van der Waals surface area contributed by atoms with Gasteiger partial charge in [0.1, 0.15) is 5.67 Å². The Morgan fingerprint density at radius 1 is 1.43 bits per heavy atom. The molecular formula is C11H23FN2. The van der Waals surface area contributed by atoms with Gasteiger partial charge in [0, 0.05) is 12.6 Å². The van der Waals surface area contributed by atoms with Crippen molar-refractivity contribution in [1.82, 2.24) is 5.32 Å². The number of halogens is 1. The van der Waals surface area contributed by atoms with Crippen molar-refractivity contribution in [3.8, 4) is 0 Å². The summed E-state index contributed by atoms with van der Waals surface area (Å²) in [5.41, 5.74) is 4.34. The Labute approximate surface area is 86.4 Å². The lowest BCUT2D eigenvalue weighted by Gasteiger charge is -2.36. The summed E-state index contributed by atoms with van der Waals surface area (Å²) in [6.07, 6.45) is 4.42. The number of hydrogen-bond acceptors (Lipinski definition) is 2. The molecule has 0 aromatic carbocycles. The molecule has 0 aromatic rings. The zero-order valence-corrected chi connectivity index (χ0v) is 9.35. The molecule has 1 fully saturated rings. The molecule has 1 heterocycles. The highest BCUT2D eigenvalue weighted by atomic mass is 19.1. The minimum absolute atomic E-state index is 0.0110. The second-order valence-electron chi connectivity index (χ2n) is 4.64. The quantitative estimate of drug-likeness (QED) is 0.733. The van der Waals surface area contributed by atoms with Gasteiger partial charge in [-0.15, -0.1) is 0 Å². The first-order valence-corrected chi connectivity index (χ1v) is 5.73. The Kier molecular flexibility index (Phi) is 4.32. The van der Waals surface area contributed by atoms with Gasteiger partial charge < -0.3 is 11.1 Å². The van der Waals surface area contributed by atoms with E-state index >= 15 is 0 Å². The second kappa shape index (κ2) is 5.08. The van der Waals surface area contributed by atoms with Crippen LogP contribution in [-0.4, -0.2) is 24.8 Å². The van der Waals surface area contributed by atoms with Crippen molar-refractivity contribution in [2.24, 2.45) is 11.7 Å². The van der Waals surface area contributed by atoms with Gasteiger partial charge in [0.15, 0.2) is 0 Å². The molecule has 2 unspecified atom stereocenters. The van der Waals surface area contributed by atoms with Crippen LogP contribution in [0.3, 0.4) is 0 Å². The predicted octanol–water partition coefficient (Wildman–Crippen LogP) is 1.84. The molecule has 0 amide bonds. The van der Waals surface area contributed by atoms with Gasteiger partial charge >= 0.3 is 0 Å². The van der Waals surface area contributed by atoms with Crippen LogP contribution in [0.2, 0.25) is 0 Å². The standard InChI is InChI=1S/C11H23FN2/c1-9(2)11(12,8-13)10-6-4-3-5-7-14-10/h9-10,14H,3-8,13H2,1-2H3. The largest absolute Gasteiger partial charge is 0.327 e. The van der Waals surface area contributed by atoms with Crippen molar-refractivity contribution in [1.29, 1.82) is 0 Å². The van der Waals surface area contributed by atoms with Crippen LogP contribution in [0.5, 0.6) is 0 Å². The summed E-state index contributed by atoms with van der Waals surface area (Å²) in [4.78, 5) is 0. The maximum atomic E-state index is 14.5. The fourth-order valence-corrected chi connectivity index (χ4v) is 2.22. The lowest BCUT2D eigenvalue weighted by molar-refractivity contribution is 0.0590. The third-order valence-corrected chi connectivity index (χ3v) is 3.41. The normalized spacial score (nSPS) is 28.5. The third-order valence-electron chi connectivity index (χ3n) is 3.41. The van der Waals surface area contributed by atoms with Crippen molar-refractivity contribution >= 4 is 0 Å². The number of hydrogen-bond donors (Lipinski definition) is 2. The summed E-state index contributed by atoms with van der Waals surface area (Å²) < 4.78 is 14.5. The smallest absolute Gasteiger partial charge is 0.140 e. The van der Waals surface area contributed by atoms with Crippen molar-refractivity contribution in [2.75, 3.05) is 13.1 Å². The number of alkyl halides is 1. The molecule has 3 N–H and O–H groups in total. The van der Waals surface area contributed by atoms with Gasteiger partial charge in [-0.3, -0.25) is 0 Å². The Morgan fingerprint density at radius 3 is 2.71 bits per heavy atom. The van der Waals surface area contributed by atoms with E-state index in [-0.39, 0.29) is 18.5 Å². The number of nitrogens with one attached hydrogen (secondary N) is 1. The summed E-state index contributed by atoms with van der Waals surface area (Å²) in [7, 11) is 0. The Balaban J connectivity index is 2.66. The summed E-state index contributed by atoms with van der Waals surface area (Å²) in [6, 6.07) is -0.0463. The van der Waals surface area contributed by atoms with E-state index in [1.807, 2.05) is 13.8 Å². The highest BCUT2D eigenvalue weighted by molar-refractivity contribution is 4.96. The van der Waals surface area contributed by atoms with E-state index in [2.05, 4.69) is 5.32 Å². The fraction of sp³-hybridized carbons (Fsp3) is 1.00. The van der Waals surface area contributed by atoms with E-state index in [1.54, 1.807) is 0 Å². The van der Waals surface area contributed by atoms with E-state index in [9.17, 15) is 4.39 Å². The minimum Gasteiger partial charge on any atom is -0.327 e. The highest BCUT2D eigenvalue weighted by Gasteiger charge is 2.40. The molecule has 2 nitrogen and oxygen atoms in total. The zero-order valence-electron chi connectivity index (χ0n) is 9.35. The predicted molar refractivity (Wildman–Crippen MR) is 58.0 cm³/mol. The minimum atomic E-state index is -1.23. The highest BCUT2D eigenvalue weighted by Crippen LogP contribution is 2.29. The van der Waals surface area contributed by atoms with E-state index in [1.165, 1.54) is 6.42 Å². The van der Waals surface area contributed by atoms with Crippen LogP contribution < -0.4 is 11.1 Å². The van der Waals surface area contributed by atoms with Crippen LogP contribution in [0, 0.1) is 5.92 Å². The maximum absolute atomic E-state index is 14.5. The van der Waals surface area contributed by atoms with Crippen LogP contribution in [0.15, 0.2) is 0 Å². The van der Waals surface area contributed by atoms with Crippen molar-refractivity contribution in [3.05, 3.63) is 0 Å². The SMILES string of the molecule is CC(C)C(F)(CN)C1CCCCCN1. The van der Waals surface area contributed by atoms with Gasteiger partial charge in [0.25, 0.3) is 0 Å². The molecule has 14 heavy (non-hydrogen) atoms. The van der Waals surface area contributed by atoms with E-state index in [4.69, 9.17) is 5.73 Å². The molecule has 2 atom stereocenters. The lowest BCUT2D eigenvalue weighted by Crippen LogP contribution is -2.55. The van der Waals surface area contributed by atoms with Gasteiger partial charge in [-0.2, -0.15) is 0 Å². The van der Waals surface area contributed by atoms with Crippen molar-refractivity contribution in [2.45, 2.75) is 51.2 Å². The molecule has 0 aromatic heterocycles. The molecule has 0 spiro atoms. The molecule has 1 rings (SSSR count). The fourth-order valence-electron chi connectivity index (χ4n) is 2.22. The zero-order chi connectivity index (χ0) is 10.6. The summed E-state index contributed by atoms with van der Waals surface area (Å²) >= 11 is 0. The van der Waals surface area contributed by atoms with Crippen molar-refractivity contribution in [3.63, 3.8) is 0 Å². The van der Waals surface area contributed by atoms with Gasteiger partial charge in [-0.05, 0) is 25.3 Å². The third kappa shape index (κ3) is 2.45. The van der Waals surface area contributed by atoms with E-state index in [0.717, 1.165) is 25.8 Å². The number of rotatable bonds is 3. The average molecular weight is 202 g/mol. The molecular weight excluding hydrogens is 179 g/mol. The molecule has 3 heteroatoms. The van der Waals surface area contributed by atoms with E-state index < -0.39 is 5.67 Å². The summed E-state index contributed by atoms with van der Waals surface area (Å²) in [5, 5.41) is 3.30. The molecule has 0 radical (unpaired) electrons. The molecule has 1 saturated heterocycles. The van der Waals surface area contributed by atoms with Crippen LogP contribution >= 0.6 is 0 Å². The van der Waals surface area contributed by atoms with Crippen LogP contribution in [0.4, 0.5) is 4.39 Å². The van der Waals surface area contributed by atoms with Crippen LogP contribution in [-0.2, 0) is 0 Å². The lowest BCUT2D eigenvalue weighted by atomic mass is 9.83.